The quantitative estimate of drug-likeness (QED) is 0.609. The van der Waals surface area contributed by atoms with Gasteiger partial charge in [-0.1, -0.05) is 24.8 Å². The summed E-state index contributed by atoms with van der Waals surface area (Å²) < 4.78 is 0. The third-order valence-corrected chi connectivity index (χ3v) is 8.49. The number of amides is 2. The minimum absolute atomic E-state index is 0.000926. The number of carbonyl (C=O) groups excluding carboxylic acids is 2. The van der Waals surface area contributed by atoms with Crippen LogP contribution in [0.25, 0.3) is 15.9 Å². The van der Waals surface area contributed by atoms with E-state index in [1.807, 2.05) is 18.2 Å². The van der Waals surface area contributed by atoms with Crippen LogP contribution in [0.15, 0.2) is 35.6 Å². The summed E-state index contributed by atoms with van der Waals surface area (Å²) in [6, 6.07) is 7.32. The average Bonchev–Trinajstić information content (AvgIpc) is 3.36. The van der Waals surface area contributed by atoms with E-state index in [9.17, 15) is 14.4 Å². The number of aromatic nitrogens is 2. The molecule has 180 valence electrons. The molecular formula is C26H27N5O3S. The second-order valence-electron chi connectivity index (χ2n) is 9.44. The number of hydrogen-bond donors (Lipinski definition) is 1. The molecule has 1 aliphatic carbocycles. The molecule has 4 heterocycles. The van der Waals surface area contributed by atoms with E-state index in [0.29, 0.717) is 49.8 Å². The maximum absolute atomic E-state index is 13.0. The molecule has 1 fully saturated rings. The van der Waals surface area contributed by atoms with Crippen molar-refractivity contribution in [3.05, 3.63) is 68.6 Å². The summed E-state index contributed by atoms with van der Waals surface area (Å²) in [7, 11) is 0. The smallest absolute Gasteiger partial charge is 0.259 e. The molecule has 0 radical (unpaired) electrons. The van der Waals surface area contributed by atoms with Gasteiger partial charge in [-0.05, 0) is 37.3 Å². The van der Waals surface area contributed by atoms with E-state index in [4.69, 9.17) is 4.98 Å². The van der Waals surface area contributed by atoms with Gasteiger partial charge in [-0.2, -0.15) is 0 Å². The van der Waals surface area contributed by atoms with Crippen LogP contribution in [0.3, 0.4) is 0 Å². The van der Waals surface area contributed by atoms with E-state index in [1.165, 1.54) is 21.8 Å². The summed E-state index contributed by atoms with van der Waals surface area (Å²) >= 11 is 1.66. The molecular weight excluding hydrogens is 462 g/mol. The zero-order chi connectivity index (χ0) is 24.1. The van der Waals surface area contributed by atoms with Gasteiger partial charge in [-0.15, -0.1) is 11.3 Å². The van der Waals surface area contributed by atoms with Gasteiger partial charge in [-0.25, -0.2) is 4.98 Å². The molecule has 0 unspecified atom stereocenters. The molecule has 0 atom stereocenters. The summed E-state index contributed by atoms with van der Waals surface area (Å²) in [5.41, 5.74) is 3.14. The number of aromatic amines is 1. The Morgan fingerprint density at radius 3 is 2.57 bits per heavy atom. The lowest BCUT2D eigenvalue weighted by molar-refractivity contribution is -0.133. The molecule has 6 rings (SSSR count). The van der Waals surface area contributed by atoms with Crippen LogP contribution in [-0.4, -0.2) is 69.2 Å². The first kappa shape index (κ1) is 22.2. The van der Waals surface area contributed by atoms with Crippen LogP contribution in [-0.2, 0) is 24.2 Å². The summed E-state index contributed by atoms with van der Waals surface area (Å²) in [5, 5.41) is 0.782. The SMILES string of the molecule is C=C1c2ccccc2C(=O)N1CC(=O)N1CCN(Cc2nc3sc4c(c3c(=O)[nH]2)CCCC4)CC1. The molecule has 0 saturated carbocycles. The van der Waals surface area contributed by atoms with Crippen LogP contribution in [0, 0.1) is 0 Å². The zero-order valence-electron chi connectivity index (χ0n) is 19.5. The Balaban J connectivity index is 1.08. The Morgan fingerprint density at radius 2 is 1.80 bits per heavy atom. The maximum Gasteiger partial charge on any atom is 0.259 e. The minimum atomic E-state index is -0.168. The first-order valence-corrected chi connectivity index (χ1v) is 12.9. The lowest BCUT2D eigenvalue weighted by Crippen LogP contribution is -2.51. The normalized spacial score (nSPS) is 18.3. The van der Waals surface area contributed by atoms with Crippen LogP contribution >= 0.6 is 11.3 Å². The Morgan fingerprint density at radius 1 is 1.06 bits per heavy atom. The summed E-state index contributed by atoms with van der Waals surface area (Å²) in [6.45, 7) is 7.08. The molecule has 2 aromatic heterocycles. The number of thiophene rings is 1. The largest absolute Gasteiger partial charge is 0.339 e. The van der Waals surface area contributed by atoms with Gasteiger partial charge in [0.15, 0.2) is 0 Å². The molecule has 1 aromatic carbocycles. The summed E-state index contributed by atoms with van der Waals surface area (Å²) in [4.78, 5) is 53.9. The fraction of sp³-hybridized carbons (Fsp3) is 0.385. The number of fused-ring (bicyclic) bond motifs is 4. The topological polar surface area (TPSA) is 89.6 Å². The van der Waals surface area contributed by atoms with Crippen LogP contribution in [0.5, 0.6) is 0 Å². The van der Waals surface area contributed by atoms with Crippen LogP contribution < -0.4 is 5.56 Å². The molecule has 2 aliphatic heterocycles. The highest BCUT2D eigenvalue weighted by atomic mass is 32.1. The van der Waals surface area contributed by atoms with Gasteiger partial charge in [0.2, 0.25) is 5.91 Å². The van der Waals surface area contributed by atoms with Crippen molar-refractivity contribution in [2.75, 3.05) is 32.7 Å². The first-order chi connectivity index (χ1) is 17.0. The maximum atomic E-state index is 13.0. The third-order valence-electron chi connectivity index (χ3n) is 7.31. The van der Waals surface area contributed by atoms with Crippen molar-refractivity contribution in [3.63, 3.8) is 0 Å². The van der Waals surface area contributed by atoms with Crippen LogP contribution in [0.1, 0.15) is 45.0 Å². The molecule has 8 nitrogen and oxygen atoms in total. The van der Waals surface area contributed by atoms with E-state index in [1.54, 1.807) is 22.3 Å². The fourth-order valence-corrected chi connectivity index (χ4v) is 6.67. The highest BCUT2D eigenvalue weighted by Crippen LogP contribution is 2.34. The lowest BCUT2D eigenvalue weighted by Gasteiger charge is -2.35. The number of nitrogens with zero attached hydrogens (tertiary/aromatic N) is 4. The van der Waals surface area contributed by atoms with E-state index in [-0.39, 0.29) is 23.9 Å². The van der Waals surface area contributed by atoms with Crippen molar-refractivity contribution < 1.29 is 9.59 Å². The van der Waals surface area contributed by atoms with Gasteiger partial charge < -0.3 is 9.88 Å². The Kier molecular flexibility index (Phi) is 5.53. The first-order valence-electron chi connectivity index (χ1n) is 12.1. The standard InChI is InChI=1S/C26H27N5O3S/c1-16-17-6-2-3-7-18(17)26(34)31(16)15-22(32)30-12-10-29(11-13-30)14-21-27-24(33)23-19-8-4-5-9-20(19)35-25(23)28-21/h2-3,6-7H,1,4-5,8-15H2,(H,27,28,33). The summed E-state index contributed by atoms with van der Waals surface area (Å²) in [5.74, 6) is 0.430. The number of rotatable bonds is 4. The van der Waals surface area contributed by atoms with Crippen molar-refractivity contribution in [3.8, 4) is 0 Å². The van der Waals surface area contributed by atoms with Crippen molar-refractivity contribution in [2.45, 2.75) is 32.2 Å². The van der Waals surface area contributed by atoms with E-state index in [2.05, 4.69) is 16.5 Å². The number of carbonyl (C=O) groups is 2. The molecule has 0 spiro atoms. The fourth-order valence-electron chi connectivity index (χ4n) is 5.39. The molecule has 3 aliphatic rings. The number of nitrogens with one attached hydrogen (secondary N) is 1. The van der Waals surface area contributed by atoms with Crippen LogP contribution in [0.2, 0.25) is 0 Å². The monoisotopic (exact) mass is 489 g/mol. The summed E-state index contributed by atoms with van der Waals surface area (Å²) in [6.07, 6.45) is 4.33. The van der Waals surface area contributed by atoms with E-state index in [0.717, 1.165) is 35.0 Å². The van der Waals surface area contributed by atoms with Gasteiger partial charge >= 0.3 is 0 Å². The molecule has 0 bridgehead atoms. The van der Waals surface area contributed by atoms with Crippen molar-refractivity contribution >= 4 is 39.1 Å². The molecule has 9 heteroatoms. The second-order valence-corrected chi connectivity index (χ2v) is 10.5. The molecule has 3 aromatic rings. The second kappa shape index (κ2) is 8.73. The molecule has 2 amide bonds. The highest BCUT2D eigenvalue weighted by molar-refractivity contribution is 7.18. The van der Waals surface area contributed by atoms with Crippen LogP contribution in [0.4, 0.5) is 0 Å². The van der Waals surface area contributed by atoms with Crippen molar-refractivity contribution in [2.24, 2.45) is 0 Å². The average molecular weight is 490 g/mol. The Bertz CT molecular complexity index is 1380. The Labute approximate surface area is 206 Å². The van der Waals surface area contributed by atoms with Gasteiger partial charge in [0.05, 0.1) is 11.9 Å². The number of aryl methyl sites for hydroxylation is 2. The van der Waals surface area contributed by atoms with Gasteiger partial charge in [-0.3, -0.25) is 24.2 Å². The number of benzene rings is 1. The number of H-pyrrole nitrogens is 1. The molecule has 35 heavy (non-hydrogen) atoms. The lowest BCUT2D eigenvalue weighted by atomic mass is 9.97. The Hall–Kier alpha value is -3.30. The third kappa shape index (κ3) is 3.88. The molecule has 1 saturated heterocycles. The minimum Gasteiger partial charge on any atom is -0.339 e. The van der Waals surface area contributed by atoms with Crippen molar-refractivity contribution in [1.29, 1.82) is 0 Å². The van der Waals surface area contributed by atoms with Gasteiger partial charge in [0, 0.05) is 47.9 Å². The highest BCUT2D eigenvalue weighted by Gasteiger charge is 2.33. The van der Waals surface area contributed by atoms with E-state index >= 15 is 0 Å². The molecule has 1 N–H and O–H groups in total. The number of hydrogen-bond acceptors (Lipinski definition) is 6. The zero-order valence-corrected chi connectivity index (χ0v) is 20.3. The predicted octanol–water partition coefficient (Wildman–Crippen LogP) is 2.63. The van der Waals surface area contributed by atoms with Gasteiger partial charge in [0.1, 0.15) is 17.2 Å². The van der Waals surface area contributed by atoms with Crippen molar-refractivity contribution in [1.82, 2.24) is 24.7 Å². The van der Waals surface area contributed by atoms with E-state index < -0.39 is 0 Å². The van der Waals surface area contributed by atoms with Gasteiger partial charge in [0.25, 0.3) is 11.5 Å². The predicted molar refractivity (Wildman–Crippen MR) is 135 cm³/mol. The number of piperazine rings is 1.